The highest BCUT2D eigenvalue weighted by Gasteiger charge is 2.24. The van der Waals surface area contributed by atoms with E-state index in [1.807, 2.05) is 19.1 Å². The van der Waals surface area contributed by atoms with E-state index in [9.17, 15) is 9.59 Å². The molecule has 0 spiro atoms. The van der Waals surface area contributed by atoms with Crippen molar-refractivity contribution in [2.45, 2.75) is 19.8 Å². The summed E-state index contributed by atoms with van der Waals surface area (Å²) >= 11 is 0. The van der Waals surface area contributed by atoms with Crippen molar-refractivity contribution in [3.8, 4) is 0 Å². The van der Waals surface area contributed by atoms with Gasteiger partial charge in [-0.3, -0.25) is 14.7 Å². The van der Waals surface area contributed by atoms with Gasteiger partial charge in [0.15, 0.2) is 0 Å². The maximum atomic E-state index is 12.2. The number of nitrogens with one attached hydrogen (secondary N) is 2. The molecular formula is C15H16N4O2. The van der Waals surface area contributed by atoms with Crippen LogP contribution >= 0.6 is 0 Å². The van der Waals surface area contributed by atoms with Crippen LogP contribution in [-0.2, 0) is 11.2 Å². The molecule has 21 heavy (non-hydrogen) atoms. The standard InChI is InChI=1S/C15H16N4O2/c1-2-14(20)19-6-5-10-7-11(3-4-13(10)19)15(21)18-12-8-16-17-9-12/h3-4,7-9H,2,5-6H2,1H3,(H,16,17)(H,18,21). The second-order valence-corrected chi connectivity index (χ2v) is 4.93. The SMILES string of the molecule is CCC(=O)N1CCc2cc(C(=O)Nc3cn[nH]c3)ccc21. The number of aromatic nitrogens is 2. The molecule has 2 N–H and O–H groups in total. The zero-order chi connectivity index (χ0) is 14.8. The molecule has 0 atom stereocenters. The summed E-state index contributed by atoms with van der Waals surface area (Å²) in [6.07, 6.45) is 4.44. The van der Waals surface area contributed by atoms with E-state index in [2.05, 4.69) is 15.5 Å². The third-order valence-corrected chi connectivity index (χ3v) is 3.60. The van der Waals surface area contributed by atoms with E-state index in [1.165, 1.54) is 0 Å². The highest BCUT2D eigenvalue weighted by Crippen LogP contribution is 2.29. The summed E-state index contributed by atoms with van der Waals surface area (Å²) in [5.74, 6) is -0.0659. The van der Waals surface area contributed by atoms with Crippen molar-refractivity contribution in [3.63, 3.8) is 0 Å². The third kappa shape index (κ3) is 2.52. The lowest BCUT2D eigenvalue weighted by molar-refractivity contribution is -0.118. The molecule has 0 saturated carbocycles. The lowest BCUT2D eigenvalue weighted by atomic mass is 10.1. The van der Waals surface area contributed by atoms with Gasteiger partial charge in [-0.25, -0.2) is 0 Å². The number of amides is 2. The van der Waals surface area contributed by atoms with Crippen LogP contribution in [-0.4, -0.2) is 28.6 Å². The molecule has 0 fully saturated rings. The van der Waals surface area contributed by atoms with Crippen molar-refractivity contribution in [2.24, 2.45) is 0 Å². The van der Waals surface area contributed by atoms with E-state index in [-0.39, 0.29) is 11.8 Å². The van der Waals surface area contributed by atoms with Crippen molar-refractivity contribution in [2.75, 3.05) is 16.8 Å². The second-order valence-electron chi connectivity index (χ2n) is 4.93. The fraction of sp³-hybridized carbons (Fsp3) is 0.267. The number of rotatable bonds is 3. The number of fused-ring (bicyclic) bond motifs is 1. The summed E-state index contributed by atoms with van der Waals surface area (Å²) in [4.78, 5) is 25.8. The van der Waals surface area contributed by atoms with Crippen molar-refractivity contribution < 1.29 is 9.59 Å². The molecule has 2 aromatic rings. The molecule has 108 valence electrons. The Morgan fingerprint density at radius 1 is 1.43 bits per heavy atom. The number of hydrogen-bond acceptors (Lipinski definition) is 3. The van der Waals surface area contributed by atoms with Gasteiger partial charge in [0.2, 0.25) is 5.91 Å². The largest absolute Gasteiger partial charge is 0.319 e. The van der Waals surface area contributed by atoms with Gasteiger partial charge in [-0.2, -0.15) is 5.10 Å². The Hall–Kier alpha value is -2.63. The van der Waals surface area contributed by atoms with Crippen LogP contribution < -0.4 is 10.2 Å². The highest BCUT2D eigenvalue weighted by atomic mass is 16.2. The number of nitrogens with zero attached hydrogens (tertiary/aromatic N) is 2. The average Bonchev–Trinajstić information content (AvgIpc) is 3.14. The van der Waals surface area contributed by atoms with Crippen molar-refractivity contribution >= 4 is 23.2 Å². The predicted octanol–water partition coefficient (Wildman–Crippen LogP) is 1.96. The molecule has 0 radical (unpaired) electrons. The van der Waals surface area contributed by atoms with Gasteiger partial charge in [0.05, 0.1) is 11.9 Å². The van der Waals surface area contributed by atoms with Crippen LogP contribution in [0.1, 0.15) is 29.3 Å². The molecule has 1 aromatic carbocycles. The van der Waals surface area contributed by atoms with Crippen LogP contribution in [0, 0.1) is 0 Å². The van der Waals surface area contributed by atoms with E-state index in [4.69, 9.17) is 0 Å². The van der Waals surface area contributed by atoms with Crippen molar-refractivity contribution in [1.29, 1.82) is 0 Å². The molecule has 6 heteroatoms. The minimum absolute atomic E-state index is 0.115. The summed E-state index contributed by atoms with van der Waals surface area (Å²) in [5.41, 5.74) is 3.17. The lowest BCUT2D eigenvalue weighted by Gasteiger charge is -2.16. The fourth-order valence-corrected chi connectivity index (χ4v) is 2.52. The topological polar surface area (TPSA) is 78.1 Å². The third-order valence-electron chi connectivity index (χ3n) is 3.60. The van der Waals surface area contributed by atoms with Crippen LogP contribution in [0.25, 0.3) is 0 Å². The first-order valence-electron chi connectivity index (χ1n) is 6.92. The quantitative estimate of drug-likeness (QED) is 0.904. The number of aromatic amines is 1. The van der Waals surface area contributed by atoms with Gasteiger partial charge in [-0.15, -0.1) is 0 Å². The molecule has 1 aromatic heterocycles. The van der Waals surface area contributed by atoms with Crippen LogP contribution in [0.4, 0.5) is 11.4 Å². The first kappa shape index (κ1) is 13.4. The molecule has 3 rings (SSSR count). The Balaban J connectivity index is 1.81. The first-order valence-corrected chi connectivity index (χ1v) is 6.92. The van der Waals surface area contributed by atoms with Crippen LogP contribution in [0.3, 0.4) is 0 Å². The van der Waals surface area contributed by atoms with Gasteiger partial charge < -0.3 is 10.2 Å². The summed E-state index contributed by atoms with van der Waals surface area (Å²) in [6.45, 7) is 2.54. The van der Waals surface area contributed by atoms with Gasteiger partial charge in [-0.1, -0.05) is 6.92 Å². The number of carbonyl (C=O) groups excluding carboxylic acids is 2. The second kappa shape index (κ2) is 5.40. The maximum Gasteiger partial charge on any atom is 0.255 e. The lowest BCUT2D eigenvalue weighted by Crippen LogP contribution is -2.27. The normalized spacial score (nSPS) is 13.1. The molecule has 1 aliphatic heterocycles. The van der Waals surface area contributed by atoms with E-state index in [0.29, 0.717) is 24.2 Å². The van der Waals surface area contributed by atoms with Crippen LogP contribution in [0.15, 0.2) is 30.6 Å². The summed E-state index contributed by atoms with van der Waals surface area (Å²) < 4.78 is 0. The highest BCUT2D eigenvalue weighted by molar-refractivity contribution is 6.05. The van der Waals surface area contributed by atoms with Gasteiger partial charge in [0.25, 0.3) is 5.91 Å². The number of benzene rings is 1. The van der Waals surface area contributed by atoms with Crippen LogP contribution in [0.2, 0.25) is 0 Å². The van der Waals surface area contributed by atoms with Gasteiger partial charge >= 0.3 is 0 Å². The summed E-state index contributed by atoms with van der Waals surface area (Å²) in [7, 11) is 0. The summed E-state index contributed by atoms with van der Waals surface area (Å²) in [5, 5.41) is 9.19. The number of H-pyrrole nitrogens is 1. The van der Waals surface area contributed by atoms with E-state index >= 15 is 0 Å². The van der Waals surface area contributed by atoms with Gasteiger partial charge in [0.1, 0.15) is 0 Å². The number of carbonyl (C=O) groups is 2. The first-order chi connectivity index (χ1) is 10.2. The van der Waals surface area contributed by atoms with E-state index < -0.39 is 0 Å². The molecule has 6 nitrogen and oxygen atoms in total. The molecule has 0 unspecified atom stereocenters. The smallest absolute Gasteiger partial charge is 0.255 e. The maximum absolute atomic E-state index is 12.2. The fourth-order valence-electron chi connectivity index (χ4n) is 2.52. The van der Waals surface area contributed by atoms with Crippen molar-refractivity contribution in [3.05, 3.63) is 41.7 Å². The predicted molar refractivity (Wildman–Crippen MR) is 79.3 cm³/mol. The molecular weight excluding hydrogens is 268 g/mol. The summed E-state index contributed by atoms with van der Waals surface area (Å²) in [6, 6.07) is 5.45. The Bertz CT molecular complexity index is 679. The Labute approximate surface area is 122 Å². The molecule has 2 amide bonds. The number of anilines is 2. The van der Waals surface area contributed by atoms with E-state index in [1.54, 1.807) is 23.4 Å². The van der Waals surface area contributed by atoms with Crippen molar-refractivity contribution in [1.82, 2.24) is 10.2 Å². The van der Waals surface area contributed by atoms with Crippen LogP contribution in [0.5, 0.6) is 0 Å². The molecule has 0 saturated heterocycles. The van der Waals surface area contributed by atoms with Gasteiger partial charge in [-0.05, 0) is 30.2 Å². The molecule has 0 bridgehead atoms. The Morgan fingerprint density at radius 2 is 2.29 bits per heavy atom. The Morgan fingerprint density at radius 3 is 3.00 bits per heavy atom. The Kier molecular flexibility index (Phi) is 3.43. The molecule has 2 heterocycles. The molecule has 1 aliphatic rings. The average molecular weight is 284 g/mol. The zero-order valence-electron chi connectivity index (χ0n) is 11.7. The monoisotopic (exact) mass is 284 g/mol. The minimum Gasteiger partial charge on any atom is -0.319 e. The molecule has 0 aliphatic carbocycles. The van der Waals surface area contributed by atoms with E-state index in [0.717, 1.165) is 17.7 Å². The number of hydrogen-bond donors (Lipinski definition) is 2. The van der Waals surface area contributed by atoms with Gasteiger partial charge in [0, 0.05) is 30.4 Å². The minimum atomic E-state index is -0.181. The zero-order valence-corrected chi connectivity index (χ0v) is 11.7.